The van der Waals surface area contributed by atoms with Gasteiger partial charge in [-0.3, -0.25) is 0 Å². The fraction of sp³-hybridized carbons (Fsp3) is 0.400. The first-order valence-corrected chi connectivity index (χ1v) is 7.69. The number of aryl methyl sites for hydroxylation is 1. The summed E-state index contributed by atoms with van der Waals surface area (Å²) in [5.74, 6) is 0. The Morgan fingerprint density at radius 2 is 2.42 bits per heavy atom. The Morgan fingerprint density at radius 1 is 1.47 bits per heavy atom. The van der Waals surface area contributed by atoms with Crippen molar-refractivity contribution >= 4 is 17.0 Å². The Kier molecular flexibility index (Phi) is 3.80. The lowest BCUT2D eigenvalue weighted by Gasteiger charge is -2.19. The zero-order chi connectivity index (χ0) is 13.1. The van der Waals surface area contributed by atoms with E-state index in [2.05, 4.69) is 40.7 Å². The molecule has 1 aliphatic heterocycles. The average molecular weight is 273 g/mol. The van der Waals surface area contributed by atoms with Crippen molar-refractivity contribution in [2.45, 2.75) is 32.4 Å². The highest BCUT2D eigenvalue weighted by Crippen LogP contribution is 2.23. The second kappa shape index (κ2) is 5.72. The lowest BCUT2D eigenvalue weighted by atomic mass is 10.0. The standard InChI is InChI=1S/C15H19N3S/c1-11(15-17-7-8-19-15)18-10-12-4-5-14-13(9-12)3-2-6-16-14/h4-5,7-9,11,16,18H,2-3,6,10H2,1H3. The van der Waals surface area contributed by atoms with E-state index in [4.69, 9.17) is 0 Å². The highest BCUT2D eigenvalue weighted by atomic mass is 32.1. The summed E-state index contributed by atoms with van der Waals surface area (Å²) in [6.07, 6.45) is 4.29. The normalized spacial score (nSPS) is 15.6. The summed E-state index contributed by atoms with van der Waals surface area (Å²) in [7, 11) is 0. The van der Waals surface area contributed by atoms with Crippen LogP contribution in [0.5, 0.6) is 0 Å². The minimum absolute atomic E-state index is 0.314. The molecule has 0 spiro atoms. The van der Waals surface area contributed by atoms with E-state index in [-0.39, 0.29) is 0 Å². The average Bonchev–Trinajstić information content (AvgIpc) is 2.99. The van der Waals surface area contributed by atoms with Crippen molar-refractivity contribution in [2.24, 2.45) is 0 Å². The number of nitrogens with zero attached hydrogens (tertiary/aromatic N) is 1. The molecule has 3 nitrogen and oxygen atoms in total. The zero-order valence-electron chi connectivity index (χ0n) is 11.1. The van der Waals surface area contributed by atoms with Crippen LogP contribution in [0.25, 0.3) is 0 Å². The Morgan fingerprint density at radius 3 is 3.26 bits per heavy atom. The van der Waals surface area contributed by atoms with Gasteiger partial charge in [-0.2, -0.15) is 0 Å². The van der Waals surface area contributed by atoms with Crippen LogP contribution in [0, 0.1) is 0 Å². The minimum Gasteiger partial charge on any atom is -0.385 e. The first kappa shape index (κ1) is 12.6. The molecule has 100 valence electrons. The van der Waals surface area contributed by atoms with Crippen LogP contribution in [0.15, 0.2) is 29.8 Å². The van der Waals surface area contributed by atoms with E-state index in [1.54, 1.807) is 11.3 Å². The zero-order valence-corrected chi connectivity index (χ0v) is 12.0. The van der Waals surface area contributed by atoms with Gasteiger partial charge in [-0.1, -0.05) is 12.1 Å². The van der Waals surface area contributed by atoms with Gasteiger partial charge >= 0.3 is 0 Å². The molecule has 19 heavy (non-hydrogen) atoms. The van der Waals surface area contributed by atoms with Crippen molar-refractivity contribution in [2.75, 3.05) is 11.9 Å². The third kappa shape index (κ3) is 2.96. The molecule has 1 aromatic heterocycles. The largest absolute Gasteiger partial charge is 0.385 e. The van der Waals surface area contributed by atoms with E-state index in [0.717, 1.165) is 18.1 Å². The molecule has 3 rings (SSSR count). The number of rotatable bonds is 4. The maximum Gasteiger partial charge on any atom is 0.109 e. The van der Waals surface area contributed by atoms with Gasteiger partial charge in [0.1, 0.15) is 5.01 Å². The molecule has 2 heterocycles. The molecule has 2 N–H and O–H groups in total. The topological polar surface area (TPSA) is 37.0 Å². The summed E-state index contributed by atoms with van der Waals surface area (Å²) in [6, 6.07) is 7.05. The van der Waals surface area contributed by atoms with Gasteiger partial charge in [0, 0.05) is 30.4 Å². The van der Waals surface area contributed by atoms with Gasteiger partial charge < -0.3 is 10.6 Å². The molecule has 0 aliphatic carbocycles. The summed E-state index contributed by atoms with van der Waals surface area (Å²) in [5, 5.41) is 10.2. The van der Waals surface area contributed by atoms with E-state index < -0.39 is 0 Å². The van der Waals surface area contributed by atoms with Crippen molar-refractivity contribution in [1.82, 2.24) is 10.3 Å². The molecular weight excluding hydrogens is 254 g/mol. The predicted octanol–water partition coefficient (Wildman–Crippen LogP) is 3.35. The van der Waals surface area contributed by atoms with Crippen molar-refractivity contribution < 1.29 is 0 Å². The van der Waals surface area contributed by atoms with Crippen LogP contribution in [-0.2, 0) is 13.0 Å². The number of hydrogen-bond acceptors (Lipinski definition) is 4. The first-order chi connectivity index (χ1) is 9.33. The van der Waals surface area contributed by atoms with E-state index >= 15 is 0 Å². The number of nitrogens with one attached hydrogen (secondary N) is 2. The molecule has 0 radical (unpaired) electrons. The lowest BCUT2D eigenvalue weighted by Crippen LogP contribution is -2.18. The smallest absolute Gasteiger partial charge is 0.109 e. The number of thiazole rings is 1. The number of benzene rings is 1. The Bertz CT molecular complexity index is 536. The SMILES string of the molecule is CC(NCc1ccc2c(c1)CCCN2)c1nccs1. The number of aromatic nitrogens is 1. The molecule has 1 aromatic carbocycles. The summed E-state index contributed by atoms with van der Waals surface area (Å²) >= 11 is 1.71. The summed E-state index contributed by atoms with van der Waals surface area (Å²) in [4.78, 5) is 4.34. The second-order valence-corrected chi connectivity index (χ2v) is 5.92. The maximum absolute atomic E-state index is 4.34. The van der Waals surface area contributed by atoms with E-state index in [1.807, 2.05) is 11.6 Å². The molecule has 1 aliphatic rings. The van der Waals surface area contributed by atoms with Gasteiger partial charge in [-0.15, -0.1) is 11.3 Å². The van der Waals surface area contributed by atoms with Gasteiger partial charge in [-0.05, 0) is 37.0 Å². The Hall–Kier alpha value is -1.39. The van der Waals surface area contributed by atoms with E-state index in [9.17, 15) is 0 Å². The van der Waals surface area contributed by atoms with Gasteiger partial charge in [0.05, 0.1) is 6.04 Å². The van der Waals surface area contributed by atoms with Crippen LogP contribution < -0.4 is 10.6 Å². The highest BCUT2D eigenvalue weighted by Gasteiger charge is 2.10. The molecule has 0 amide bonds. The van der Waals surface area contributed by atoms with Crippen LogP contribution in [-0.4, -0.2) is 11.5 Å². The molecule has 1 unspecified atom stereocenters. The molecule has 4 heteroatoms. The molecule has 0 saturated carbocycles. The summed E-state index contributed by atoms with van der Waals surface area (Å²) in [5.41, 5.74) is 4.11. The molecule has 0 fully saturated rings. The second-order valence-electron chi connectivity index (χ2n) is 4.99. The first-order valence-electron chi connectivity index (χ1n) is 6.81. The highest BCUT2D eigenvalue weighted by molar-refractivity contribution is 7.09. The van der Waals surface area contributed by atoms with Gasteiger partial charge in [0.25, 0.3) is 0 Å². The lowest BCUT2D eigenvalue weighted by molar-refractivity contribution is 0.571. The van der Waals surface area contributed by atoms with Crippen molar-refractivity contribution in [3.63, 3.8) is 0 Å². The fourth-order valence-corrected chi connectivity index (χ4v) is 3.12. The molecule has 0 bridgehead atoms. The third-order valence-corrected chi connectivity index (χ3v) is 4.50. The van der Waals surface area contributed by atoms with Crippen LogP contribution in [0.3, 0.4) is 0 Å². The minimum atomic E-state index is 0.314. The van der Waals surface area contributed by atoms with Crippen LogP contribution in [0.1, 0.15) is 35.5 Å². The monoisotopic (exact) mass is 273 g/mol. The quantitative estimate of drug-likeness (QED) is 0.897. The summed E-state index contributed by atoms with van der Waals surface area (Å²) < 4.78 is 0. The summed E-state index contributed by atoms with van der Waals surface area (Å²) in [6.45, 7) is 4.17. The van der Waals surface area contributed by atoms with Gasteiger partial charge in [-0.25, -0.2) is 4.98 Å². The third-order valence-electron chi connectivity index (χ3n) is 3.54. The Balaban J connectivity index is 1.64. The van der Waals surface area contributed by atoms with Crippen LogP contribution >= 0.6 is 11.3 Å². The maximum atomic E-state index is 4.34. The number of anilines is 1. The predicted molar refractivity (Wildman–Crippen MR) is 80.6 cm³/mol. The molecular formula is C15H19N3S. The molecule has 2 aromatic rings. The van der Waals surface area contributed by atoms with E-state index in [1.165, 1.54) is 29.7 Å². The van der Waals surface area contributed by atoms with Crippen molar-refractivity contribution in [1.29, 1.82) is 0 Å². The van der Waals surface area contributed by atoms with Gasteiger partial charge in [0.15, 0.2) is 0 Å². The van der Waals surface area contributed by atoms with Crippen molar-refractivity contribution in [3.05, 3.63) is 45.9 Å². The van der Waals surface area contributed by atoms with E-state index in [0.29, 0.717) is 6.04 Å². The molecule has 0 saturated heterocycles. The van der Waals surface area contributed by atoms with Gasteiger partial charge in [0.2, 0.25) is 0 Å². The number of fused-ring (bicyclic) bond motifs is 1. The Labute approximate surface area is 118 Å². The van der Waals surface area contributed by atoms with Crippen molar-refractivity contribution in [3.8, 4) is 0 Å². The van der Waals surface area contributed by atoms with Crippen LogP contribution in [0.4, 0.5) is 5.69 Å². The molecule has 1 atom stereocenters. The van der Waals surface area contributed by atoms with Crippen LogP contribution in [0.2, 0.25) is 0 Å². The fourth-order valence-electron chi connectivity index (χ4n) is 2.44. The number of hydrogen-bond donors (Lipinski definition) is 2.